The molecule has 0 aliphatic carbocycles. The first-order chi connectivity index (χ1) is 12.2. The summed E-state index contributed by atoms with van der Waals surface area (Å²) in [7, 11) is 0. The number of ether oxygens (including phenoxy) is 2. The summed E-state index contributed by atoms with van der Waals surface area (Å²) in [6.45, 7) is 4.54. The fraction of sp³-hybridized carbons (Fsp3) is 0.350. The van der Waals surface area contributed by atoms with Crippen LogP contribution in [0.25, 0.3) is 0 Å². The largest absolute Gasteiger partial charge is 0.490 e. The van der Waals surface area contributed by atoms with E-state index in [1.807, 2.05) is 54.3 Å². The van der Waals surface area contributed by atoms with Crippen molar-refractivity contribution in [3.05, 3.63) is 54.1 Å². The minimum Gasteiger partial charge on any atom is -0.490 e. The van der Waals surface area contributed by atoms with Gasteiger partial charge in [-0.1, -0.05) is 24.3 Å². The lowest BCUT2D eigenvalue weighted by Gasteiger charge is -2.19. The molecular formula is C20H24N2O3. The summed E-state index contributed by atoms with van der Waals surface area (Å²) in [5, 5.41) is 0. The summed E-state index contributed by atoms with van der Waals surface area (Å²) in [6, 6.07) is 14.8. The lowest BCUT2D eigenvalue weighted by Crippen LogP contribution is -2.30. The molecule has 0 aromatic heterocycles. The van der Waals surface area contributed by atoms with Crippen molar-refractivity contribution in [1.82, 2.24) is 4.90 Å². The molecule has 5 nitrogen and oxygen atoms in total. The molecule has 1 heterocycles. The average Bonchev–Trinajstić information content (AvgIpc) is 3.13. The highest BCUT2D eigenvalue weighted by Crippen LogP contribution is 2.33. The van der Waals surface area contributed by atoms with Crippen LogP contribution in [-0.2, 0) is 0 Å². The first kappa shape index (κ1) is 17.3. The van der Waals surface area contributed by atoms with Crippen LogP contribution in [0.1, 0.15) is 23.7 Å². The zero-order valence-corrected chi connectivity index (χ0v) is 14.5. The molecule has 1 saturated heterocycles. The fourth-order valence-electron chi connectivity index (χ4n) is 3.04. The predicted octanol–water partition coefficient (Wildman–Crippen LogP) is 3.30. The molecule has 0 saturated carbocycles. The summed E-state index contributed by atoms with van der Waals surface area (Å²) in [5.74, 6) is 2.18. The van der Waals surface area contributed by atoms with Gasteiger partial charge in [0.2, 0.25) is 0 Å². The normalized spacial score (nSPS) is 16.7. The van der Waals surface area contributed by atoms with Crippen LogP contribution >= 0.6 is 0 Å². The molecule has 132 valence electrons. The number of rotatable bonds is 6. The molecule has 0 radical (unpaired) electrons. The molecule has 3 rings (SSSR count). The van der Waals surface area contributed by atoms with E-state index in [1.165, 1.54) is 0 Å². The Hall–Kier alpha value is -2.53. The van der Waals surface area contributed by atoms with Gasteiger partial charge in [0.25, 0.3) is 5.91 Å². The number of nitrogens with two attached hydrogens (primary N) is 1. The van der Waals surface area contributed by atoms with Gasteiger partial charge in [-0.15, -0.1) is 0 Å². The first-order valence-corrected chi connectivity index (χ1v) is 8.71. The Morgan fingerprint density at radius 1 is 1.12 bits per heavy atom. The van der Waals surface area contributed by atoms with Crippen LogP contribution in [0.15, 0.2) is 48.5 Å². The minimum absolute atomic E-state index is 0.0135. The average molecular weight is 340 g/mol. The molecule has 1 aliphatic heterocycles. The smallest absolute Gasteiger partial charge is 0.257 e. The Bertz CT molecular complexity index is 732. The van der Waals surface area contributed by atoms with E-state index >= 15 is 0 Å². The molecule has 0 spiro atoms. The summed E-state index contributed by atoms with van der Waals surface area (Å²) in [6.07, 6.45) is 0.957. The third kappa shape index (κ3) is 3.94. The number of hydrogen-bond acceptors (Lipinski definition) is 4. The van der Waals surface area contributed by atoms with Crippen LogP contribution in [0.4, 0.5) is 0 Å². The number of hydrogen-bond donors (Lipinski definition) is 1. The maximum atomic E-state index is 12.9. The summed E-state index contributed by atoms with van der Waals surface area (Å²) >= 11 is 0. The van der Waals surface area contributed by atoms with E-state index < -0.39 is 0 Å². The van der Waals surface area contributed by atoms with Crippen molar-refractivity contribution in [1.29, 1.82) is 0 Å². The molecule has 1 aliphatic rings. The van der Waals surface area contributed by atoms with Crippen molar-refractivity contribution in [2.24, 2.45) is 11.7 Å². The Labute approximate surface area is 148 Å². The molecule has 2 aromatic rings. The van der Waals surface area contributed by atoms with Crippen LogP contribution in [0.3, 0.4) is 0 Å². The molecule has 2 aromatic carbocycles. The summed E-state index contributed by atoms with van der Waals surface area (Å²) in [5.41, 5.74) is 6.30. The minimum atomic E-state index is -0.0135. The van der Waals surface area contributed by atoms with Gasteiger partial charge >= 0.3 is 0 Å². The quantitative estimate of drug-likeness (QED) is 0.876. The molecule has 1 amide bonds. The molecular weight excluding hydrogens is 316 g/mol. The molecule has 1 atom stereocenters. The van der Waals surface area contributed by atoms with Crippen LogP contribution in [0.2, 0.25) is 0 Å². The maximum Gasteiger partial charge on any atom is 0.257 e. The van der Waals surface area contributed by atoms with Gasteiger partial charge in [-0.3, -0.25) is 4.79 Å². The number of amides is 1. The molecule has 5 heteroatoms. The van der Waals surface area contributed by atoms with Gasteiger partial charge in [0, 0.05) is 13.1 Å². The summed E-state index contributed by atoms with van der Waals surface area (Å²) < 4.78 is 11.6. The fourth-order valence-corrected chi connectivity index (χ4v) is 3.04. The maximum absolute atomic E-state index is 12.9. The van der Waals surface area contributed by atoms with E-state index in [0.717, 1.165) is 13.0 Å². The van der Waals surface area contributed by atoms with Crippen molar-refractivity contribution in [2.45, 2.75) is 13.3 Å². The number of carbonyl (C=O) groups is 1. The Morgan fingerprint density at radius 2 is 1.80 bits per heavy atom. The van der Waals surface area contributed by atoms with Gasteiger partial charge in [0.15, 0.2) is 11.5 Å². The van der Waals surface area contributed by atoms with Crippen molar-refractivity contribution >= 4 is 5.91 Å². The van der Waals surface area contributed by atoms with E-state index in [2.05, 4.69) is 0 Å². The number of benzene rings is 2. The van der Waals surface area contributed by atoms with Gasteiger partial charge in [0.05, 0.1) is 12.2 Å². The third-order valence-electron chi connectivity index (χ3n) is 4.39. The highest BCUT2D eigenvalue weighted by Gasteiger charge is 2.27. The Morgan fingerprint density at radius 3 is 2.48 bits per heavy atom. The standard InChI is InChI=1S/C20H24N2O3/c1-2-24-18-9-5-6-10-19(18)25-17-8-4-3-7-16(17)20(23)22-12-11-15(13-21)14-22/h3-10,15H,2,11-14,21H2,1H3/t15-/m0/s1. The van der Waals surface area contributed by atoms with Crippen LogP contribution < -0.4 is 15.2 Å². The SMILES string of the molecule is CCOc1ccccc1Oc1ccccc1C(=O)N1CC[C@@H](CN)C1. The summed E-state index contributed by atoms with van der Waals surface area (Å²) in [4.78, 5) is 14.8. The van der Waals surface area contributed by atoms with Gasteiger partial charge in [-0.2, -0.15) is 0 Å². The van der Waals surface area contributed by atoms with Crippen LogP contribution in [-0.4, -0.2) is 37.0 Å². The van der Waals surface area contributed by atoms with E-state index in [9.17, 15) is 4.79 Å². The van der Waals surface area contributed by atoms with Crippen LogP contribution in [0, 0.1) is 5.92 Å². The first-order valence-electron chi connectivity index (χ1n) is 8.71. The zero-order chi connectivity index (χ0) is 17.6. The molecule has 0 bridgehead atoms. The monoisotopic (exact) mass is 340 g/mol. The van der Waals surface area contributed by atoms with Crippen molar-refractivity contribution in [3.8, 4) is 17.2 Å². The van der Waals surface area contributed by atoms with Crippen LogP contribution in [0.5, 0.6) is 17.2 Å². The Balaban J connectivity index is 1.83. The predicted molar refractivity (Wildman–Crippen MR) is 97.2 cm³/mol. The van der Waals surface area contributed by atoms with Gasteiger partial charge in [0.1, 0.15) is 5.75 Å². The van der Waals surface area contributed by atoms with Gasteiger partial charge in [-0.05, 0) is 50.1 Å². The second kappa shape index (κ2) is 8.03. The highest BCUT2D eigenvalue weighted by atomic mass is 16.5. The Kier molecular flexibility index (Phi) is 5.56. The van der Waals surface area contributed by atoms with Crippen molar-refractivity contribution in [2.75, 3.05) is 26.2 Å². The number of nitrogens with zero attached hydrogens (tertiary/aromatic N) is 1. The lowest BCUT2D eigenvalue weighted by molar-refractivity contribution is 0.0785. The molecule has 1 fully saturated rings. The van der Waals surface area contributed by atoms with Gasteiger partial charge in [-0.25, -0.2) is 0 Å². The molecule has 0 unspecified atom stereocenters. The van der Waals surface area contributed by atoms with E-state index in [1.54, 1.807) is 6.07 Å². The highest BCUT2D eigenvalue weighted by molar-refractivity contribution is 5.97. The third-order valence-corrected chi connectivity index (χ3v) is 4.39. The number of carbonyl (C=O) groups excluding carboxylic acids is 1. The molecule has 25 heavy (non-hydrogen) atoms. The number of para-hydroxylation sites is 3. The topological polar surface area (TPSA) is 64.8 Å². The van der Waals surface area contributed by atoms with E-state index in [4.69, 9.17) is 15.2 Å². The van der Waals surface area contributed by atoms with E-state index in [-0.39, 0.29) is 5.91 Å². The second-order valence-corrected chi connectivity index (χ2v) is 6.12. The second-order valence-electron chi connectivity index (χ2n) is 6.12. The lowest BCUT2D eigenvalue weighted by atomic mass is 10.1. The van der Waals surface area contributed by atoms with Gasteiger partial charge < -0.3 is 20.1 Å². The zero-order valence-electron chi connectivity index (χ0n) is 14.5. The van der Waals surface area contributed by atoms with Crippen molar-refractivity contribution < 1.29 is 14.3 Å². The van der Waals surface area contributed by atoms with Crippen molar-refractivity contribution in [3.63, 3.8) is 0 Å². The number of likely N-dealkylation sites (tertiary alicyclic amines) is 1. The molecule has 2 N–H and O–H groups in total. The van der Waals surface area contributed by atoms with E-state index in [0.29, 0.717) is 48.4 Å².